The molecule has 1 unspecified atom stereocenters. The minimum atomic E-state index is 0. The number of rotatable bonds is 3. The first-order chi connectivity index (χ1) is 11.8. The van der Waals surface area contributed by atoms with E-state index < -0.39 is 0 Å². The molecule has 0 fully saturated rings. The molecular weight excluding hydrogens is 334 g/mol. The van der Waals surface area contributed by atoms with Gasteiger partial charge < -0.3 is 4.74 Å². The van der Waals surface area contributed by atoms with E-state index in [4.69, 9.17) is 4.74 Å². The Morgan fingerprint density at radius 1 is 0.840 bits per heavy atom. The van der Waals surface area contributed by atoms with Crippen LogP contribution in [-0.2, 0) is 6.42 Å². The number of pyridine rings is 1. The van der Waals surface area contributed by atoms with Crippen molar-refractivity contribution in [3.8, 4) is 11.6 Å². The number of hydrogen-bond acceptors (Lipinski definition) is 3. The molecule has 1 atom stereocenters. The molecule has 25 heavy (non-hydrogen) atoms. The zero-order chi connectivity index (χ0) is 16.4. The molecule has 1 aliphatic rings. The molecule has 126 valence electrons. The lowest BCUT2D eigenvalue weighted by Crippen LogP contribution is -2.20. The lowest BCUT2D eigenvalue weighted by atomic mass is 9.82. The number of hydrogen-bond donors (Lipinski definition) is 0. The van der Waals surface area contributed by atoms with Crippen LogP contribution in [0.15, 0.2) is 72.8 Å². The number of aromatic nitrogens is 1. The fraction of sp³-hybridized carbons (Fsp3) is 0.143. The van der Waals surface area contributed by atoms with Gasteiger partial charge in [-0.25, -0.2) is 4.98 Å². The fourth-order valence-corrected chi connectivity index (χ4v) is 3.16. The number of nitrogens with zero attached hydrogens (tertiary/aromatic N) is 1. The van der Waals surface area contributed by atoms with Gasteiger partial charge in [-0.1, -0.05) is 48.5 Å². The van der Waals surface area contributed by atoms with Crippen LogP contribution in [-0.4, -0.2) is 10.8 Å². The van der Waals surface area contributed by atoms with Gasteiger partial charge in [-0.05, 0) is 36.1 Å². The van der Waals surface area contributed by atoms with Gasteiger partial charge in [0.15, 0.2) is 5.78 Å². The SMILES string of the molecule is Cl.O=C1CC(c2ccccc2)Cc2nc(Oc3ccccc3)ccc21. The van der Waals surface area contributed by atoms with Crippen LogP contribution in [0.4, 0.5) is 0 Å². The smallest absolute Gasteiger partial charge is 0.219 e. The topological polar surface area (TPSA) is 39.2 Å². The summed E-state index contributed by atoms with van der Waals surface area (Å²) in [6.45, 7) is 0. The van der Waals surface area contributed by atoms with E-state index in [0.29, 0.717) is 12.3 Å². The van der Waals surface area contributed by atoms with Gasteiger partial charge in [-0.15, -0.1) is 12.4 Å². The zero-order valence-corrected chi connectivity index (χ0v) is 14.4. The van der Waals surface area contributed by atoms with Crippen LogP contribution in [0.1, 0.15) is 34.0 Å². The van der Waals surface area contributed by atoms with Crippen LogP contribution in [0, 0.1) is 0 Å². The van der Waals surface area contributed by atoms with Crippen molar-refractivity contribution in [3.63, 3.8) is 0 Å². The molecule has 2 aromatic carbocycles. The van der Waals surface area contributed by atoms with Crippen molar-refractivity contribution >= 4 is 18.2 Å². The van der Waals surface area contributed by atoms with E-state index in [0.717, 1.165) is 23.4 Å². The fourth-order valence-electron chi connectivity index (χ4n) is 3.16. The highest BCUT2D eigenvalue weighted by Gasteiger charge is 2.27. The summed E-state index contributed by atoms with van der Waals surface area (Å²) in [5.74, 6) is 1.61. The van der Waals surface area contributed by atoms with Gasteiger partial charge in [0.2, 0.25) is 5.88 Å². The summed E-state index contributed by atoms with van der Waals surface area (Å²) in [6.07, 6.45) is 1.30. The second-order valence-electron chi connectivity index (χ2n) is 6.00. The molecule has 0 bridgehead atoms. The van der Waals surface area contributed by atoms with E-state index in [1.54, 1.807) is 6.07 Å². The van der Waals surface area contributed by atoms with Crippen molar-refractivity contribution in [2.24, 2.45) is 0 Å². The summed E-state index contributed by atoms with van der Waals surface area (Å²) < 4.78 is 5.80. The zero-order valence-electron chi connectivity index (χ0n) is 13.6. The van der Waals surface area contributed by atoms with E-state index in [1.807, 2.05) is 54.6 Å². The standard InChI is InChI=1S/C21H17NO2.ClH/c23-20-14-16(15-7-3-1-4-8-15)13-19-18(20)11-12-21(22-19)24-17-9-5-2-6-10-17;/h1-12,16H,13-14H2;1H. The normalized spacial score (nSPS) is 15.8. The maximum absolute atomic E-state index is 12.5. The van der Waals surface area contributed by atoms with Crippen molar-refractivity contribution in [2.45, 2.75) is 18.8 Å². The van der Waals surface area contributed by atoms with E-state index >= 15 is 0 Å². The van der Waals surface area contributed by atoms with E-state index in [-0.39, 0.29) is 24.1 Å². The van der Waals surface area contributed by atoms with Gasteiger partial charge in [0.05, 0.1) is 5.69 Å². The predicted molar refractivity (Wildman–Crippen MR) is 99.8 cm³/mol. The van der Waals surface area contributed by atoms with Crippen molar-refractivity contribution in [2.75, 3.05) is 0 Å². The molecule has 1 heterocycles. The molecule has 0 radical (unpaired) electrons. The Labute approximate surface area is 153 Å². The Kier molecular flexibility index (Phi) is 5.15. The maximum atomic E-state index is 12.5. The van der Waals surface area contributed by atoms with E-state index in [1.165, 1.54) is 5.56 Å². The minimum absolute atomic E-state index is 0. The molecular formula is C21H18ClNO2. The van der Waals surface area contributed by atoms with E-state index in [2.05, 4.69) is 17.1 Å². The monoisotopic (exact) mass is 351 g/mol. The molecule has 0 amide bonds. The summed E-state index contributed by atoms with van der Waals surface area (Å²) >= 11 is 0. The van der Waals surface area contributed by atoms with Crippen LogP contribution in [0.5, 0.6) is 11.6 Å². The third-order valence-electron chi connectivity index (χ3n) is 4.36. The van der Waals surface area contributed by atoms with Crippen LogP contribution in [0.2, 0.25) is 0 Å². The van der Waals surface area contributed by atoms with Crippen LogP contribution >= 0.6 is 12.4 Å². The molecule has 0 spiro atoms. The highest BCUT2D eigenvalue weighted by Crippen LogP contribution is 2.33. The first kappa shape index (κ1) is 17.2. The number of carbonyl (C=O) groups is 1. The maximum Gasteiger partial charge on any atom is 0.219 e. The van der Waals surface area contributed by atoms with E-state index in [9.17, 15) is 4.79 Å². The Morgan fingerprint density at radius 3 is 2.24 bits per heavy atom. The Morgan fingerprint density at radius 2 is 1.52 bits per heavy atom. The highest BCUT2D eigenvalue weighted by molar-refractivity contribution is 5.98. The average Bonchev–Trinajstić information content (AvgIpc) is 2.63. The lowest BCUT2D eigenvalue weighted by molar-refractivity contribution is 0.0963. The molecule has 4 heteroatoms. The van der Waals surface area contributed by atoms with Crippen LogP contribution < -0.4 is 4.74 Å². The van der Waals surface area contributed by atoms with Gasteiger partial charge in [-0.2, -0.15) is 0 Å². The van der Waals surface area contributed by atoms with Crippen molar-refractivity contribution in [1.82, 2.24) is 4.98 Å². The number of benzene rings is 2. The van der Waals surface area contributed by atoms with Crippen molar-refractivity contribution in [1.29, 1.82) is 0 Å². The van der Waals surface area contributed by atoms with Crippen molar-refractivity contribution in [3.05, 3.63) is 89.6 Å². The van der Waals surface area contributed by atoms with Crippen LogP contribution in [0.25, 0.3) is 0 Å². The number of para-hydroxylation sites is 1. The quantitative estimate of drug-likeness (QED) is 0.650. The van der Waals surface area contributed by atoms with Crippen molar-refractivity contribution < 1.29 is 9.53 Å². The third-order valence-corrected chi connectivity index (χ3v) is 4.36. The molecule has 1 aliphatic carbocycles. The molecule has 0 N–H and O–H groups in total. The second kappa shape index (κ2) is 7.49. The molecule has 3 nitrogen and oxygen atoms in total. The van der Waals surface area contributed by atoms with Gasteiger partial charge in [-0.3, -0.25) is 4.79 Å². The molecule has 0 saturated carbocycles. The first-order valence-corrected chi connectivity index (χ1v) is 8.10. The summed E-state index contributed by atoms with van der Waals surface area (Å²) in [7, 11) is 0. The van der Waals surface area contributed by atoms with Gasteiger partial charge >= 0.3 is 0 Å². The molecule has 1 aromatic heterocycles. The summed E-state index contributed by atoms with van der Waals surface area (Å²) in [5, 5.41) is 0. The lowest BCUT2D eigenvalue weighted by Gasteiger charge is -2.23. The molecule has 3 aromatic rings. The number of ketones is 1. The number of halogens is 1. The second-order valence-corrected chi connectivity index (χ2v) is 6.00. The first-order valence-electron chi connectivity index (χ1n) is 8.10. The highest BCUT2D eigenvalue weighted by atomic mass is 35.5. The summed E-state index contributed by atoms with van der Waals surface area (Å²) in [4.78, 5) is 17.0. The van der Waals surface area contributed by atoms with Gasteiger partial charge in [0.1, 0.15) is 5.75 Å². The number of carbonyl (C=O) groups excluding carboxylic acids is 1. The van der Waals surface area contributed by atoms with Crippen LogP contribution in [0.3, 0.4) is 0 Å². The minimum Gasteiger partial charge on any atom is -0.439 e. The largest absolute Gasteiger partial charge is 0.439 e. The van der Waals surface area contributed by atoms with Gasteiger partial charge in [0.25, 0.3) is 0 Å². The molecule has 0 aliphatic heterocycles. The number of Topliss-reactive ketones (excluding diaryl/α,β-unsaturated/α-hetero) is 1. The Balaban J connectivity index is 0.00000182. The average molecular weight is 352 g/mol. The van der Waals surface area contributed by atoms with Gasteiger partial charge in [0, 0.05) is 18.1 Å². The third kappa shape index (κ3) is 3.72. The summed E-state index contributed by atoms with van der Waals surface area (Å²) in [5.41, 5.74) is 2.74. The predicted octanol–water partition coefficient (Wildman–Crippen LogP) is 5.21. The molecule has 0 saturated heterocycles. The molecule has 4 rings (SSSR count). The number of ether oxygens (including phenoxy) is 1. The summed E-state index contributed by atoms with van der Waals surface area (Å²) in [6, 6.07) is 23.3. The Bertz CT molecular complexity index is 866. The number of fused-ring (bicyclic) bond motifs is 1. The Hall–Kier alpha value is -2.65.